The fourth-order valence-corrected chi connectivity index (χ4v) is 1.75. The second kappa shape index (κ2) is 4.28. The molecule has 0 aliphatic carbocycles. The summed E-state index contributed by atoms with van der Waals surface area (Å²) in [6.07, 6.45) is 3.86. The molecule has 2 rings (SSSR count). The molecule has 0 aliphatic heterocycles. The molecule has 1 atom stereocenters. The van der Waals surface area contributed by atoms with Crippen molar-refractivity contribution in [1.82, 2.24) is 9.55 Å². The van der Waals surface area contributed by atoms with E-state index in [2.05, 4.69) is 16.5 Å². The number of pyridine rings is 1. The van der Waals surface area contributed by atoms with Crippen molar-refractivity contribution >= 4 is 0 Å². The molecule has 15 heavy (non-hydrogen) atoms. The molecule has 1 unspecified atom stereocenters. The zero-order chi connectivity index (χ0) is 10.7. The number of nitrogens with two attached hydrogens (primary N) is 1. The summed E-state index contributed by atoms with van der Waals surface area (Å²) in [4.78, 5) is 4.35. The Balaban J connectivity index is 2.32. The molecule has 0 fully saturated rings. The first-order chi connectivity index (χ1) is 7.33. The van der Waals surface area contributed by atoms with Crippen LogP contribution in [0.15, 0.2) is 42.7 Å². The van der Waals surface area contributed by atoms with Crippen molar-refractivity contribution in [2.75, 3.05) is 0 Å². The van der Waals surface area contributed by atoms with Crippen LogP contribution >= 0.6 is 0 Å². The van der Waals surface area contributed by atoms with Crippen LogP contribution in [0, 0.1) is 0 Å². The summed E-state index contributed by atoms with van der Waals surface area (Å²) < 4.78 is 2.16. The third kappa shape index (κ3) is 1.92. The Kier molecular flexibility index (Phi) is 2.83. The van der Waals surface area contributed by atoms with E-state index in [1.54, 1.807) is 0 Å². The first-order valence-corrected chi connectivity index (χ1v) is 5.09. The fraction of sp³-hybridized carbons (Fsp3) is 0.250. The SMILES string of the molecule is CC(c1ccccn1)n1cccc1CN. The van der Waals surface area contributed by atoms with Gasteiger partial charge in [-0.05, 0) is 31.2 Å². The van der Waals surface area contributed by atoms with Crippen molar-refractivity contribution < 1.29 is 0 Å². The van der Waals surface area contributed by atoms with Gasteiger partial charge in [0.15, 0.2) is 0 Å². The number of hydrogen-bond donors (Lipinski definition) is 1. The maximum atomic E-state index is 5.67. The maximum Gasteiger partial charge on any atom is 0.0726 e. The van der Waals surface area contributed by atoms with Crippen LogP contribution in [0.5, 0.6) is 0 Å². The van der Waals surface area contributed by atoms with Crippen LogP contribution in [0.2, 0.25) is 0 Å². The minimum absolute atomic E-state index is 0.236. The van der Waals surface area contributed by atoms with Crippen LogP contribution in [0.3, 0.4) is 0 Å². The van der Waals surface area contributed by atoms with Crippen molar-refractivity contribution in [3.05, 3.63) is 54.1 Å². The molecule has 0 aliphatic rings. The van der Waals surface area contributed by atoms with E-state index in [4.69, 9.17) is 5.73 Å². The zero-order valence-electron chi connectivity index (χ0n) is 8.80. The van der Waals surface area contributed by atoms with Gasteiger partial charge in [0.1, 0.15) is 0 Å². The van der Waals surface area contributed by atoms with Gasteiger partial charge in [0, 0.05) is 24.6 Å². The third-order valence-corrected chi connectivity index (χ3v) is 2.61. The van der Waals surface area contributed by atoms with E-state index >= 15 is 0 Å². The molecule has 0 bridgehead atoms. The summed E-state index contributed by atoms with van der Waals surface area (Å²) in [5.41, 5.74) is 7.86. The lowest BCUT2D eigenvalue weighted by atomic mass is 10.2. The number of nitrogens with zero attached hydrogens (tertiary/aromatic N) is 2. The van der Waals surface area contributed by atoms with Crippen LogP contribution in [-0.4, -0.2) is 9.55 Å². The third-order valence-electron chi connectivity index (χ3n) is 2.61. The van der Waals surface area contributed by atoms with E-state index in [1.165, 1.54) is 0 Å². The molecular formula is C12H15N3. The van der Waals surface area contributed by atoms with Gasteiger partial charge in [-0.1, -0.05) is 6.07 Å². The Hall–Kier alpha value is -1.61. The standard InChI is InChI=1S/C12H15N3/c1-10(12-6-2-3-7-14-12)15-8-4-5-11(15)9-13/h2-8,10H,9,13H2,1H3. The highest BCUT2D eigenvalue weighted by Gasteiger charge is 2.10. The molecular weight excluding hydrogens is 186 g/mol. The van der Waals surface area contributed by atoms with E-state index < -0.39 is 0 Å². The normalized spacial score (nSPS) is 12.7. The minimum Gasteiger partial charge on any atom is -0.342 e. The van der Waals surface area contributed by atoms with Crippen LogP contribution in [0.1, 0.15) is 24.4 Å². The average Bonchev–Trinajstić information content (AvgIpc) is 2.77. The van der Waals surface area contributed by atoms with Crippen LogP contribution in [0.25, 0.3) is 0 Å². The lowest BCUT2D eigenvalue weighted by molar-refractivity contribution is 0.596. The molecule has 0 spiro atoms. The summed E-state index contributed by atoms with van der Waals surface area (Å²) in [5.74, 6) is 0. The Morgan fingerprint density at radius 2 is 2.20 bits per heavy atom. The van der Waals surface area contributed by atoms with Crippen molar-refractivity contribution in [2.24, 2.45) is 5.73 Å². The summed E-state index contributed by atoms with van der Waals surface area (Å²) in [7, 11) is 0. The Bertz CT molecular complexity index is 419. The predicted octanol–water partition coefficient (Wildman–Crippen LogP) is 1.95. The molecule has 0 amide bonds. The molecule has 0 aromatic carbocycles. The zero-order valence-corrected chi connectivity index (χ0v) is 8.80. The topological polar surface area (TPSA) is 43.8 Å². The molecule has 2 heterocycles. The highest BCUT2D eigenvalue weighted by molar-refractivity contribution is 5.15. The van der Waals surface area contributed by atoms with Crippen LogP contribution < -0.4 is 5.73 Å². The smallest absolute Gasteiger partial charge is 0.0726 e. The summed E-state index contributed by atoms with van der Waals surface area (Å²) in [6.45, 7) is 2.69. The van der Waals surface area contributed by atoms with Crippen molar-refractivity contribution in [1.29, 1.82) is 0 Å². The molecule has 0 saturated carbocycles. The first kappa shape index (κ1) is 9.93. The highest BCUT2D eigenvalue weighted by Crippen LogP contribution is 2.17. The van der Waals surface area contributed by atoms with E-state index in [-0.39, 0.29) is 6.04 Å². The molecule has 2 N–H and O–H groups in total. The van der Waals surface area contributed by atoms with Crippen LogP contribution in [-0.2, 0) is 6.54 Å². The van der Waals surface area contributed by atoms with E-state index in [0.29, 0.717) is 6.54 Å². The van der Waals surface area contributed by atoms with Gasteiger partial charge < -0.3 is 10.3 Å². The fourth-order valence-electron chi connectivity index (χ4n) is 1.75. The molecule has 0 radical (unpaired) electrons. The lowest BCUT2D eigenvalue weighted by Gasteiger charge is -2.16. The van der Waals surface area contributed by atoms with Gasteiger partial charge in [-0.3, -0.25) is 4.98 Å². The summed E-state index contributed by atoms with van der Waals surface area (Å²) in [6, 6.07) is 10.3. The number of rotatable bonds is 3. The second-order valence-corrected chi connectivity index (χ2v) is 3.54. The monoisotopic (exact) mass is 201 g/mol. The molecule has 2 aromatic rings. The first-order valence-electron chi connectivity index (χ1n) is 5.09. The van der Waals surface area contributed by atoms with Crippen molar-refractivity contribution in [2.45, 2.75) is 19.5 Å². The minimum atomic E-state index is 0.236. The van der Waals surface area contributed by atoms with E-state index in [1.807, 2.05) is 42.7 Å². The van der Waals surface area contributed by atoms with Gasteiger partial charge in [-0.25, -0.2) is 0 Å². The quantitative estimate of drug-likeness (QED) is 0.824. The molecule has 78 valence electrons. The van der Waals surface area contributed by atoms with Gasteiger partial charge in [0.2, 0.25) is 0 Å². The molecule has 0 saturated heterocycles. The summed E-state index contributed by atoms with van der Waals surface area (Å²) in [5, 5.41) is 0. The van der Waals surface area contributed by atoms with E-state index in [9.17, 15) is 0 Å². The van der Waals surface area contributed by atoms with E-state index in [0.717, 1.165) is 11.4 Å². The Morgan fingerprint density at radius 1 is 1.33 bits per heavy atom. The second-order valence-electron chi connectivity index (χ2n) is 3.54. The molecule has 2 aromatic heterocycles. The van der Waals surface area contributed by atoms with Crippen LogP contribution in [0.4, 0.5) is 0 Å². The maximum absolute atomic E-state index is 5.67. The average molecular weight is 201 g/mol. The molecule has 3 nitrogen and oxygen atoms in total. The van der Waals surface area contributed by atoms with Gasteiger partial charge in [0.05, 0.1) is 11.7 Å². The lowest BCUT2D eigenvalue weighted by Crippen LogP contribution is -2.12. The predicted molar refractivity (Wildman–Crippen MR) is 60.4 cm³/mol. The molecule has 3 heteroatoms. The van der Waals surface area contributed by atoms with Crippen molar-refractivity contribution in [3.8, 4) is 0 Å². The summed E-state index contributed by atoms with van der Waals surface area (Å²) >= 11 is 0. The van der Waals surface area contributed by atoms with Crippen molar-refractivity contribution in [3.63, 3.8) is 0 Å². The highest BCUT2D eigenvalue weighted by atomic mass is 15.0. The Morgan fingerprint density at radius 3 is 2.87 bits per heavy atom. The van der Waals surface area contributed by atoms with Gasteiger partial charge in [0.25, 0.3) is 0 Å². The van der Waals surface area contributed by atoms with Gasteiger partial charge in [-0.15, -0.1) is 0 Å². The van der Waals surface area contributed by atoms with Gasteiger partial charge in [-0.2, -0.15) is 0 Å². The number of aromatic nitrogens is 2. The number of hydrogen-bond acceptors (Lipinski definition) is 2. The largest absolute Gasteiger partial charge is 0.342 e. The Labute approximate surface area is 89.6 Å². The van der Waals surface area contributed by atoms with Gasteiger partial charge >= 0.3 is 0 Å².